The van der Waals surface area contributed by atoms with Gasteiger partial charge in [0.15, 0.2) is 17.2 Å². The van der Waals surface area contributed by atoms with Crippen molar-refractivity contribution in [2.24, 2.45) is 5.10 Å². The lowest BCUT2D eigenvalue weighted by molar-refractivity contribution is -0.386. The molecule has 2 aromatic carbocycles. The van der Waals surface area contributed by atoms with Gasteiger partial charge in [0.1, 0.15) is 0 Å². The molecule has 0 atom stereocenters. The molecule has 0 aliphatic carbocycles. The van der Waals surface area contributed by atoms with Gasteiger partial charge in [-0.2, -0.15) is 5.10 Å². The first-order chi connectivity index (χ1) is 14.0. The van der Waals surface area contributed by atoms with Gasteiger partial charge in [-0.3, -0.25) is 14.9 Å². The van der Waals surface area contributed by atoms with Gasteiger partial charge >= 0.3 is 5.69 Å². The standard InChI is InChI=1S/C18H18N4O7/c1-2-27-16-6-11(5-13(18(16)24)22(25)26)8-20-21-17(23)9-19-12-3-4-14-15(7-12)29-10-28-14/h3-8,19,24H,2,9-10H2,1H3,(H,21,23)/b20-8-. The molecule has 0 aromatic heterocycles. The molecule has 0 unspecified atom stereocenters. The van der Waals surface area contributed by atoms with Crippen molar-refractivity contribution in [3.8, 4) is 23.0 Å². The van der Waals surface area contributed by atoms with Crippen molar-refractivity contribution in [2.45, 2.75) is 6.92 Å². The highest BCUT2D eigenvalue weighted by atomic mass is 16.7. The number of benzene rings is 2. The molecule has 0 radical (unpaired) electrons. The molecule has 1 aliphatic rings. The number of hydrogen-bond donors (Lipinski definition) is 3. The Balaban J connectivity index is 1.59. The van der Waals surface area contributed by atoms with Gasteiger partial charge in [0.05, 0.1) is 24.3 Å². The Labute approximate surface area is 165 Å². The van der Waals surface area contributed by atoms with Crippen molar-refractivity contribution >= 4 is 23.5 Å². The summed E-state index contributed by atoms with van der Waals surface area (Å²) >= 11 is 0. The summed E-state index contributed by atoms with van der Waals surface area (Å²) < 4.78 is 15.7. The van der Waals surface area contributed by atoms with Crippen molar-refractivity contribution in [1.29, 1.82) is 0 Å². The number of nitrogens with zero attached hydrogens (tertiary/aromatic N) is 2. The number of carbonyl (C=O) groups excluding carboxylic acids is 1. The molecular formula is C18H18N4O7. The summed E-state index contributed by atoms with van der Waals surface area (Å²) in [6.45, 7) is 2.00. The Morgan fingerprint density at radius 2 is 2.14 bits per heavy atom. The molecule has 29 heavy (non-hydrogen) atoms. The van der Waals surface area contributed by atoms with E-state index in [1.54, 1.807) is 25.1 Å². The molecule has 3 N–H and O–H groups in total. The summed E-state index contributed by atoms with van der Waals surface area (Å²) in [4.78, 5) is 22.2. The molecule has 1 aliphatic heterocycles. The van der Waals surface area contributed by atoms with Crippen molar-refractivity contribution in [3.63, 3.8) is 0 Å². The van der Waals surface area contributed by atoms with E-state index in [0.29, 0.717) is 17.2 Å². The van der Waals surface area contributed by atoms with Crippen LogP contribution in [0.4, 0.5) is 11.4 Å². The predicted molar refractivity (Wildman–Crippen MR) is 103 cm³/mol. The zero-order valence-electron chi connectivity index (χ0n) is 15.4. The number of phenolic OH excluding ortho intramolecular Hbond substituents is 1. The van der Waals surface area contributed by atoms with Crippen molar-refractivity contribution in [1.82, 2.24) is 5.43 Å². The molecule has 2 aromatic rings. The molecule has 0 bridgehead atoms. The molecule has 0 saturated heterocycles. The van der Waals surface area contributed by atoms with Crippen LogP contribution >= 0.6 is 0 Å². The number of ether oxygens (including phenoxy) is 3. The van der Waals surface area contributed by atoms with Crippen molar-refractivity contribution < 1.29 is 29.0 Å². The topological polar surface area (TPSA) is 145 Å². The lowest BCUT2D eigenvalue weighted by Gasteiger charge is -2.07. The Hall–Kier alpha value is -4.02. The monoisotopic (exact) mass is 402 g/mol. The average molecular weight is 402 g/mol. The quantitative estimate of drug-likeness (QED) is 0.345. The summed E-state index contributed by atoms with van der Waals surface area (Å²) in [6, 6.07) is 7.69. The van der Waals surface area contributed by atoms with Crippen LogP contribution in [0.3, 0.4) is 0 Å². The van der Waals surface area contributed by atoms with E-state index in [-0.39, 0.29) is 31.3 Å². The normalized spacial score (nSPS) is 12.0. The molecule has 0 fully saturated rings. The number of nitro groups is 1. The fraction of sp³-hybridized carbons (Fsp3) is 0.222. The van der Waals surface area contributed by atoms with Crippen LogP contribution in [0, 0.1) is 10.1 Å². The molecule has 1 heterocycles. The molecule has 0 saturated carbocycles. The van der Waals surface area contributed by atoms with Gasteiger partial charge in [-0.05, 0) is 25.1 Å². The molecule has 0 spiro atoms. The Kier molecular flexibility index (Phi) is 5.97. The number of carbonyl (C=O) groups is 1. The largest absolute Gasteiger partial charge is 0.500 e. The first-order valence-corrected chi connectivity index (χ1v) is 8.57. The number of nitrogens with one attached hydrogen (secondary N) is 2. The van der Waals surface area contributed by atoms with Crippen molar-refractivity contribution in [3.05, 3.63) is 46.0 Å². The molecule has 11 heteroatoms. The van der Waals surface area contributed by atoms with Gasteiger partial charge < -0.3 is 24.6 Å². The van der Waals surface area contributed by atoms with E-state index >= 15 is 0 Å². The zero-order valence-corrected chi connectivity index (χ0v) is 15.4. The van der Waals surface area contributed by atoms with Crippen LogP contribution < -0.4 is 25.0 Å². The van der Waals surface area contributed by atoms with Gasteiger partial charge in [-0.25, -0.2) is 5.43 Å². The SMILES string of the molecule is CCOc1cc(/C=N\NC(=O)CNc2ccc3c(c2)OCO3)cc([N+](=O)[O-])c1O. The Morgan fingerprint density at radius 1 is 1.34 bits per heavy atom. The fourth-order valence-electron chi connectivity index (χ4n) is 2.50. The second kappa shape index (κ2) is 8.78. The van der Waals surface area contributed by atoms with E-state index in [1.165, 1.54) is 12.3 Å². The first kappa shape index (κ1) is 19.7. The molecule has 1 amide bonds. The minimum atomic E-state index is -0.733. The average Bonchev–Trinajstić information content (AvgIpc) is 3.16. The number of rotatable bonds is 8. The first-order valence-electron chi connectivity index (χ1n) is 8.57. The highest BCUT2D eigenvalue weighted by Crippen LogP contribution is 2.36. The van der Waals surface area contributed by atoms with Gasteiger partial charge in [0.2, 0.25) is 12.5 Å². The Morgan fingerprint density at radius 3 is 2.90 bits per heavy atom. The maximum absolute atomic E-state index is 11.9. The van der Waals surface area contributed by atoms with E-state index < -0.39 is 22.3 Å². The van der Waals surface area contributed by atoms with Crippen LogP contribution in [0.1, 0.15) is 12.5 Å². The lowest BCUT2D eigenvalue weighted by atomic mass is 10.2. The third-order valence-corrected chi connectivity index (χ3v) is 3.80. The van der Waals surface area contributed by atoms with Crippen LogP contribution in [-0.2, 0) is 4.79 Å². The predicted octanol–water partition coefficient (Wildman–Crippen LogP) is 1.99. The number of phenols is 1. The third kappa shape index (κ3) is 4.83. The van der Waals surface area contributed by atoms with Gasteiger partial charge in [0.25, 0.3) is 5.91 Å². The highest BCUT2D eigenvalue weighted by Gasteiger charge is 2.19. The van der Waals surface area contributed by atoms with Gasteiger partial charge in [-0.1, -0.05) is 0 Å². The maximum Gasteiger partial charge on any atom is 0.315 e. The highest BCUT2D eigenvalue weighted by molar-refractivity contribution is 5.86. The number of hydrogen-bond acceptors (Lipinski definition) is 9. The number of aromatic hydroxyl groups is 1. The molecule has 152 valence electrons. The summed E-state index contributed by atoms with van der Waals surface area (Å²) in [5.74, 6) is 0.189. The van der Waals surface area contributed by atoms with Gasteiger partial charge in [-0.15, -0.1) is 0 Å². The summed E-state index contributed by atoms with van der Waals surface area (Å²) in [6.07, 6.45) is 1.22. The van der Waals surface area contributed by atoms with E-state index in [0.717, 1.165) is 6.07 Å². The maximum atomic E-state index is 11.9. The number of anilines is 1. The van der Waals surface area contributed by atoms with Gasteiger partial charge in [0, 0.05) is 23.4 Å². The molecular weight excluding hydrogens is 384 g/mol. The Bertz CT molecular complexity index is 961. The van der Waals surface area contributed by atoms with Crippen LogP contribution in [0.2, 0.25) is 0 Å². The van der Waals surface area contributed by atoms with E-state index in [9.17, 15) is 20.0 Å². The lowest BCUT2D eigenvalue weighted by Crippen LogP contribution is -2.25. The smallest absolute Gasteiger partial charge is 0.315 e. The minimum Gasteiger partial charge on any atom is -0.500 e. The van der Waals surface area contributed by atoms with Crippen LogP contribution in [0.5, 0.6) is 23.0 Å². The fourth-order valence-corrected chi connectivity index (χ4v) is 2.50. The number of fused-ring (bicyclic) bond motifs is 1. The summed E-state index contributed by atoms with van der Waals surface area (Å²) in [7, 11) is 0. The zero-order chi connectivity index (χ0) is 20.8. The number of amides is 1. The van der Waals surface area contributed by atoms with Crippen LogP contribution in [0.15, 0.2) is 35.4 Å². The van der Waals surface area contributed by atoms with E-state index in [1.807, 2.05) is 0 Å². The van der Waals surface area contributed by atoms with E-state index in [2.05, 4.69) is 15.8 Å². The summed E-state index contributed by atoms with van der Waals surface area (Å²) in [5, 5.41) is 27.6. The van der Waals surface area contributed by atoms with Crippen LogP contribution in [0.25, 0.3) is 0 Å². The number of nitro benzene ring substituents is 1. The van der Waals surface area contributed by atoms with Crippen molar-refractivity contribution in [2.75, 3.05) is 25.3 Å². The van der Waals surface area contributed by atoms with E-state index in [4.69, 9.17) is 14.2 Å². The molecule has 3 rings (SSSR count). The minimum absolute atomic E-state index is 0.0426. The third-order valence-electron chi connectivity index (χ3n) is 3.80. The second-order valence-corrected chi connectivity index (χ2v) is 5.79. The molecule has 11 nitrogen and oxygen atoms in total. The number of hydrazone groups is 1. The summed E-state index contributed by atoms with van der Waals surface area (Å²) in [5.41, 5.74) is 2.74. The van der Waals surface area contributed by atoms with Crippen LogP contribution in [-0.4, -0.2) is 42.1 Å². The second-order valence-electron chi connectivity index (χ2n) is 5.79.